The number of halogens is 1. The third-order valence-electron chi connectivity index (χ3n) is 2.62. The zero-order valence-electron chi connectivity index (χ0n) is 12.8. The van der Waals surface area contributed by atoms with Gasteiger partial charge in [0, 0.05) is 0 Å². The fraction of sp³-hybridized carbons (Fsp3) is 0.375. The van der Waals surface area contributed by atoms with Crippen molar-refractivity contribution in [2.45, 2.75) is 20.3 Å². The maximum absolute atomic E-state index is 11.4. The van der Waals surface area contributed by atoms with Crippen molar-refractivity contribution in [3.05, 3.63) is 28.3 Å². The van der Waals surface area contributed by atoms with Crippen molar-refractivity contribution in [1.82, 2.24) is 0 Å². The maximum Gasteiger partial charge on any atom is 0.348 e. The molecule has 1 rings (SSSR count). The van der Waals surface area contributed by atoms with Gasteiger partial charge in [0.05, 0.1) is 25.3 Å². The predicted octanol–water partition coefficient (Wildman–Crippen LogP) is 3.61. The van der Waals surface area contributed by atoms with Gasteiger partial charge in [-0.15, -0.1) is 0 Å². The van der Waals surface area contributed by atoms with Crippen LogP contribution in [0, 0.1) is 11.3 Å². The molecule has 0 saturated carbocycles. The molecule has 22 heavy (non-hydrogen) atoms. The Hall–Kier alpha value is -2.19. The van der Waals surface area contributed by atoms with Crippen LogP contribution in [0.1, 0.15) is 25.8 Å². The normalized spacial score (nSPS) is 10.8. The molecule has 0 saturated heterocycles. The highest BCUT2D eigenvalue weighted by atomic mass is 35.5. The van der Waals surface area contributed by atoms with Crippen molar-refractivity contribution in [1.29, 1.82) is 5.26 Å². The summed E-state index contributed by atoms with van der Waals surface area (Å²) in [5.41, 5.74) is 0.433. The first-order valence-electron chi connectivity index (χ1n) is 6.86. The maximum atomic E-state index is 11.4. The van der Waals surface area contributed by atoms with E-state index >= 15 is 0 Å². The number of hydrogen-bond acceptors (Lipinski definition) is 5. The molecule has 0 aliphatic carbocycles. The van der Waals surface area contributed by atoms with Gasteiger partial charge in [-0.2, -0.15) is 5.26 Å². The third-order valence-corrected chi connectivity index (χ3v) is 2.90. The average molecular weight is 324 g/mol. The highest BCUT2D eigenvalue weighted by Crippen LogP contribution is 2.37. The average Bonchev–Trinajstić information content (AvgIpc) is 2.51. The Morgan fingerprint density at radius 1 is 1.36 bits per heavy atom. The van der Waals surface area contributed by atoms with E-state index in [0.717, 1.165) is 6.42 Å². The molecule has 0 atom stereocenters. The zero-order chi connectivity index (χ0) is 16.5. The van der Waals surface area contributed by atoms with Crippen molar-refractivity contribution in [3.63, 3.8) is 0 Å². The summed E-state index contributed by atoms with van der Waals surface area (Å²) in [4.78, 5) is 11.4. The van der Waals surface area contributed by atoms with Crippen LogP contribution in [0.25, 0.3) is 6.08 Å². The van der Waals surface area contributed by atoms with Gasteiger partial charge in [-0.05, 0) is 37.1 Å². The summed E-state index contributed by atoms with van der Waals surface area (Å²) in [6.07, 6.45) is 2.23. The quantitative estimate of drug-likeness (QED) is 0.435. The number of ether oxygens (including phenoxy) is 3. The van der Waals surface area contributed by atoms with Crippen LogP contribution in [0.5, 0.6) is 11.5 Å². The number of carbonyl (C=O) groups is 1. The van der Waals surface area contributed by atoms with E-state index in [0.29, 0.717) is 35.3 Å². The third kappa shape index (κ3) is 4.68. The molecule has 0 amide bonds. The van der Waals surface area contributed by atoms with Crippen molar-refractivity contribution in [2.75, 3.05) is 20.3 Å². The molecule has 0 aliphatic heterocycles. The molecular weight excluding hydrogens is 306 g/mol. The smallest absolute Gasteiger partial charge is 0.348 e. The number of hydrogen-bond donors (Lipinski definition) is 0. The lowest BCUT2D eigenvalue weighted by Crippen LogP contribution is -2.03. The van der Waals surface area contributed by atoms with Crippen LogP contribution >= 0.6 is 11.6 Å². The number of nitriles is 1. The molecule has 0 aromatic heterocycles. The van der Waals surface area contributed by atoms with Gasteiger partial charge in [0.1, 0.15) is 11.6 Å². The Morgan fingerprint density at radius 3 is 2.64 bits per heavy atom. The molecule has 0 bridgehead atoms. The summed E-state index contributed by atoms with van der Waals surface area (Å²) in [6, 6.07) is 5.07. The first-order chi connectivity index (χ1) is 10.6. The molecule has 0 radical (unpaired) electrons. The SMILES string of the molecule is CCCOc1c(Cl)cc(/C=C(/C#N)C(=O)OC)cc1OCC. The molecule has 0 N–H and O–H groups in total. The Morgan fingerprint density at radius 2 is 2.09 bits per heavy atom. The monoisotopic (exact) mass is 323 g/mol. The van der Waals surface area contributed by atoms with Gasteiger partial charge in [-0.1, -0.05) is 18.5 Å². The summed E-state index contributed by atoms with van der Waals surface area (Å²) in [5, 5.41) is 9.35. The van der Waals surface area contributed by atoms with E-state index in [2.05, 4.69) is 4.74 Å². The first kappa shape index (κ1) is 17.9. The fourth-order valence-corrected chi connectivity index (χ4v) is 1.97. The molecule has 1 aromatic carbocycles. The predicted molar refractivity (Wildman–Crippen MR) is 84.0 cm³/mol. The lowest BCUT2D eigenvalue weighted by molar-refractivity contribution is -0.135. The second kappa shape index (κ2) is 8.96. The van der Waals surface area contributed by atoms with Gasteiger partial charge in [-0.25, -0.2) is 4.79 Å². The summed E-state index contributed by atoms with van der Waals surface area (Å²) in [6.45, 7) is 4.78. The van der Waals surface area contributed by atoms with Crippen LogP contribution in [0.4, 0.5) is 0 Å². The van der Waals surface area contributed by atoms with E-state index in [1.807, 2.05) is 13.8 Å². The van der Waals surface area contributed by atoms with E-state index in [4.69, 9.17) is 26.3 Å². The van der Waals surface area contributed by atoms with Gasteiger partial charge >= 0.3 is 5.97 Å². The molecule has 0 spiro atoms. The summed E-state index contributed by atoms with van der Waals surface area (Å²) in [5.74, 6) is 0.221. The van der Waals surface area contributed by atoms with E-state index in [-0.39, 0.29) is 5.57 Å². The van der Waals surface area contributed by atoms with Gasteiger partial charge in [0.25, 0.3) is 0 Å². The van der Waals surface area contributed by atoms with Crippen molar-refractivity contribution in [2.24, 2.45) is 0 Å². The van der Waals surface area contributed by atoms with Gasteiger partial charge in [0.2, 0.25) is 0 Å². The molecule has 5 nitrogen and oxygen atoms in total. The standard InChI is InChI=1S/C16H18ClNO4/c1-4-6-22-15-13(17)8-11(9-14(15)21-5-2)7-12(10-18)16(19)20-3/h7-9H,4-6H2,1-3H3/b12-7-. The fourth-order valence-electron chi connectivity index (χ4n) is 1.69. The van der Waals surface area contributed by atoms with Crippen molar-refractivity contribution >= 4 is 23.6 Å². The Kier molecular flexibility index (Phi) is 7.27. The number of rotatable bonds is 7. The number of esters is 1. The first-order valence-corrected chi connectivity index (χ1v) is 7.24. The molecule has 0 unspecified atom stereocenters. The number of methoxy groups -OCH3 is 1. The van der Waals surface area contributed by atoms with Gasteiger partial charge in [-0.3, -0.25) is 0 Å². The van der Waals surface area contributed by atoms with Crippen LogP contribution in [-0.2, 0) is 9.53 Å². The minimum absolute atomic E-state index is 0.122. The van der Waals surface area contributed by atoms with E-state index in [9.17, 15) is 4.79 Å². The molecule has 0 fully saturated rings. The highest BCUT2D eigenvalue weighted by molar-refractivity contribution is 6.32. The summed E-state index contributed by atoms with van der Waals surface area (Å²) >= 11 is 6.21. The summed E-state index contributed by atoms with van der Waals surface area (Å²) in [7, 11) is 1.22. The summed E-state index contributed by atoms with van der Waals surface area (Å²) < 4.78 is 15.7. The number of benzene rings is 1. The van der Waals surface area contributed by atoms with Crippen molar-refractivity contribution in [3.8, 4) is 17.6 Å². The molecule has 0 heterocycles. The zero-order valence-corrected chi connectivity index (χ0v) is 13.6. The van der Waals surface area contributed by atoms with E-state index in [1.165, 1.54) is 13.2 Å². The Labute approximate surface area is 135 Å². The lowest BCUT2D eigenvalue weighted by Gasteiger charge is -2.14. The Balaban J connectivity index is 3.26. The molecule has 1 aromatic rings. The lowest BCUT2D eigenvalue weighted by atomic mass is 10.1. The van der Waals surface area contributed by atoms with Crippen LogP contribution in [-0.4, -0.2) is 26.3 Å². The Bertz CT molecular complexity index is 605. The van der Waals surface area contributed by atoms with Crippen LogP contribution in [0.15, 0.2) is 17.7 Å². The minimum Gasteiger partial charge on any atom is -0.490 e. The van der Waals surface area contributed by atoms with Gasteiger partial charge in [0.15, 0.2) is 11.5 Å². The van der Waals surface area contributed by atoms with Crippen LogP contribution in [0.2, 0.25) is 5.02 Å². The molecule has 6 heteroatoms. The minimum atomic E-state index is -0.706. The second-order valence-corrected chi connectivity index (χ2v) is 4.68. The second-order valence-electron chi connectivity index (χ2n) is 4.27. The van der Waals surface area contributed by atoms with Gasteiger partial charge < -0.3 is 14.2 Å². The van der Waals surface area contributed by atoms with Crippen LogP contribution in [0.3, 0.4) is 0 Å². The van der Waals surface area contributed by atoms with Crippen molar-refractivity contribution < 1.29 is 19.0 Å². The largest absolute Gasteiger partial charge is 0.490 e. The van der Waals surface area contributed by atoms with E-state index < -0.39 is 5.97 Å². The molecular formula is C16H18ClNO4. The molecule has 118 valence electrons. The number of carbonyl (C=O) groups excluding carboxylic acids is 1. The van der Waals surface area contributed by atoms with Crippen LogP contribution < -0.4 is 9.47 Å². The molecule has 0 aliphatic rings. The van der Waals surface area contributed by atoms with E-state index in [1.54, 1.807) is 18.2 Å². The number of nitrogens with zero attached hydrogens (tertiary/aromatic N) is 1. The highest BCUT2D eigenvalue weighted by Gasteiger charge is 2.14. The topological polar surface area (TPSA) is 68.5 Å².